The van der Waals surface area contributed by atoms with Crippen LogP contribution in [-0.4, -0.2) is 58.2 Å². The summed E-state index contributed by atoms with van der Waals surface area (Å²) in [7, 11) is 0. The molecule has 4 bridgehead atoms. The van der Waals surface area contributed by atoms with E-state index in [1.807, 2.05) is 4.90 Å². The second-order valence-electron chi connectivity index (χ2n) is 11.0. The van der Waals surface area contributed by atoms with E-state index in [1.54, 1.807) is 6.33 Å². The predicted octanol–water partition coefficient (Wildman–Crippen LogP) is 1.96. The molecule has 168 valence electrons. The van der Waals surface area contributed by atoms with Crippen LogP contribution in [0.1, 0.15) is 56.2 Å². The van der Waals surface area contributed by atoms with Crippen molar-refractivity contribution in [3.8, 4) is 0 Å². The minimum Gasteiger partial charge on any atom is -0.391 e. The fourth-order valence-electron chi connectivity index (χ4n) is 7.81. The molecule has 2 unspecified atom stereocenters. The third kappa shape index (κ3) is 3.54. The molecule has 1 aromatic heterocycles. The molecule has 2 atom stereocenters. The highest BCUT2D eigenvalue weighted by Gasteiger charge is 2.53. The summed E-state index contributed by atoms with van der Waals surface area (Å²) < 4.78 is 0. The first kappa shape index (κ1) is 19.9. The topological polar surface area (TPSA) is 90.4 Å². The van der Waals surface area contributed by atoms with Crippen molar-refractivity contribution in [1.29, 1.82) is 0 Å². The van der Waals surface area contributed by atoms with Gasteiger partial charge in [0, 0.05) is 25.2 Å². The van der Waals surface area contributed by atoms with Crippen molar-refractivity contribution >= 4 is 11.7 Å². The van der Waals surface area contributed by atoms with Crippen molar-refractivity contribution in [3.05, 3.63) is 17.6 Å². The molecule has 1 aromatic rings. The lowest BCUT2D eigenvalue weighted by molar-refractivity contribution is -0.135. The molecule has 0 aromatic carbocycles. The molecule has 4 saturated carbocycles. The molecule has 31 heavy (non-hydrogen) atoms. The van der Waals surface area contributed by atoms with E-state index in [9.17, 15) is 9.90 Å². The summed E-state index contributed by atoms with van der Waals surface area (Å²) in [5.41, 5.74) is 2.19. The summed E-state index contributed by atoms with van der Waals surface area (Å²) in [5.74, 6) is 3.73. The molecule has 2 aliphatic heterocycles. The maximum atomic E-state index is 12.8. The first-order chi connectivity index (χ1) is 15.1. The van der Waals surface area contributed by atoms with Gasteiger partial charge in [0.05, 0.1) is 24.3 Å². The zero-order chi connectivity index (χ0) is 21.0. The number of aliphatic hydroxyl groups is 1. The second-order valence-corrected chi connectivity index (χ2v) is 11.0. The van der Waals surface area contributed by atoms with Gasteiger partial charge < -0.3 is 20.6 Å². The molecule has 3 heterocycles. The average molecular weight is 426 g/mol. The zero-order valence-corrected chi connectivity index (χ0v) is 18.4. The fraction of sp³-hybridized carbons (Fsp3) is 0.792. The highest BCUT2D eigenvalue weighted by atomic mass is 16.3. The van der Waals surface area contributed by atoms with E-state index >= 15 is 0 Å². The van der Waals surface area contributed by atoms with Crippen molar-refractivity contribution in [2.75, 3.05) is 31.5 Å². The van der Waals surface area contributed by atoms with Crippen LogP contribution >= 0.6 is 0 Å². The number of aromatic nitrogens is 2. The van der Waals surface area contributed by atoms with Crippen LogP contribution in [-0.2, 0) is 17.8 Å². The smallest absolute Gasteiger partial charge is 0.227 e. The first-order valence-electron chi connectivity index (χ1n) is 12.3. The number of rotatable bonds is 5. The Hall–Kier alpha value is -1.73. The van der Waals surface area contributed by atoms with E-state index in [2.05, 4.69) is 20.6 Å². The zero-order valence-electron chi connectivity index (χ0n) is 18.4. The van der Waals surface area contributed by atoms with Gasteiger partial charge in [-0.25, -0.2) is 9.97 Å². The number of nitrogens with one attached hydrogen (secondary N) is 2. The van der Waals surface area contributed by atoms with E-state index in [4.69, 9.17) is 0 Å². The number of hydrogen-bond acceptors (Lipinski definition) is 6. The number of hydrogen-bond donors (Lipinski definition) is 3. The summed E-state index contributed by atoms with van der Waals surface area (Å²) in [4.78, 5) is 23.8. The highest BCUT2D eigenvalue weighted by molar-refractivity contribution is 5.79. The Morgan fingerprint density at radius 1 is 1.23 bits per heavy atom. The van der Waals surface area contributed by atoms with E-state index in [0.717, 1.165) is 67.3 Å². The number of nitrogens with zero attached hydrogens (tertiary/aromatic N) is 3. The Bertz CT molecular complexity index is 817. The van der Waals surface area contributed by atoms with Crippen LogP contribution in [0.2, 0.25) is 0 Å². The normalized spacial score (nSPS) is 37.0. The van der Waals surface area contributed by atoms with Crippen LogP contribution in [0.5, 0.6) is 0 Å². The monoisotopic (exact) mass is 425 g/mol. The van der Waals surface area contributed by atoms with Crippen LogP contribution in [0.4, 0.5) is 5.82 Å². The van der Waals surface area contributed by atoms with Crippen molar-refractivity contribution in [3.63, 3.8) is 0 Å². The Balaban J connectivity index is 1.12. The number of aliphatic hydroxyl groups excluding tert-OH is 1. The number of carbonyl (C=O) groups is 1. The quantitative estimate of drug-likeness (QED) is 0.668. The molecule has 0 radical (unpaired) electrons. The van der Waals surface area contributed by atoms with Crippen molar-refractivity contribution in [2.45, 2.75) is 64.0 Å². The van der Waals surface area contributed by atoms with Gasteiger partial charge >= 0.3 is 0 Å². The maximum absolute atomic E-state index is 12.8. The number of fused-ring (bicyclic) bond motifs is 1. The lowest BCUT2D eigenvalue weighted by Gasteiger charge is -2.58. The van der Waals surface area contributed by atoms with Crippen LogP contribution in [0.3, 0.4) is 0 Å². The summed E-state index contributed by atoms with van der Waals surface area (Å²) in [6.45, 7) is 3.58. The Morgan fingerprint density at radius 2 is 1.97 bits per heavy atom. The fourth-order valence-corrected chi connectivity index (χ4v) is 7.81. The molecular formula is C24H35N5O2. The number of carbonyl (C=O) groups excluding carboxylic acids is 1. The minimum atomic E-state index is -0.317. The standard InChI is InChI=1S/C24H35N5O2/c30-21(24-8-15-5-16(9-24)7-17(6-15)10-24)12-26-22-19-2-4-29(13-20(19)27-14-28-22)23(31)18-1-3-25-11-18/h14-18,21,25,30H,1-13H2,(H,26,27,28). The van der Waals surface area contributed by atoms with Crippen molar-refractivity contribution in [1.82, 2.24) is 20.2 Å². The molecule has 1 saturated heterocycles. The van der Waals surface area contributed by atoms with E-state index in [-0.39, 0.29) is 23.3 Å². The van der Waals surface area contributed by atoms with Gasteiger partial charge in [-0.1, -0.05) is 0 Å². The summed E-state index contributed by atoms with van der Waals surface area (Å²) in [5, 5.41) is 18.0. The Kier molecular flexibility index (Phi) is 4.94. The highest BCUT2D eigenvalue weighted by Crippen LogP contribution is 2.61. The third-order valence-electron chi connectivity index (χ3n) is 8.98. The summed E-state index contributed by atoms with van der Waals surface area (Å²) >= 11 is 0. The number of anilines is 1. The van der Waals surface area contributed by atoms with E-state index in [0.29, 0.717) is 13.1 Å². The van der Waals surface area contributed by atoms with Crippen LogP contribution in [0, 0.1) is 29.1 Å². The van der Waals surface area contributed by atoms with Gasteiger partial charge in [-0.05, 0) is 81.1 Å². The molecule has 6 aliphatic rings. The lowest BCUT2D eigenvalue weighted by Crippen LogP contribution is -2.53. The molecule has 0 spiro atoms. The van der Waals surface area contributed by atoms with E-state index in [1.165, 1.54) is 38.5 Å². The van der Waals surface area contributed by atoms with E-state index < -0.39 is 0 Å². The van der Waals surface area contributed by atoms with Crippen molar-refractivity contribution < 1.29 is 9.90 Å². The molecule has 1 amide bonds. The van der Waals surface area contributed by atoms with Gasteiger partial charge in [0.2, 0.25) is 5.91 Å². The SMILES string of the molecule is O=C(C1CCNC1)N1CCc2c(ncnc2NCC(O)C23CC4CC(CC(C4)C2)C3)C1. The third-order valence-corrected chi connectivity index (χ3v) is 8.98. The first-order valence-corrected chi connectivity index (χ1v) is 12.3. The predicted molar refractivity (Wildman–Crippen MR) is 117 cm³/mol. The minimum absolute atomic E-state index is 0.108. The van der Waals surface area contributed by atoms with Crippen LogP contribution in [0.15, 0.2) is 6.33 Å². The molecular weight excluding hydrogens is 390 g/mol. The molecule has 3 N–H and O–H groups in total. The van der Waals surface area contributed by atoms with Crippen LogP contribution < -0.4 is 10.6 Å². The second kappa shape index (κ2) is 7.69. The molecule has 7 rings (SSSR count). The average Bonchev–Trinajstić information content (AvgIpc) is 3.30. The van der Waals surface area contributed by atoms with Gasteiger partial charge in [-0.15, -0.1) is 0 Å². The van der Waals surface area contributed by atoms with Gasteiger partial charge in [0.25, 0.3) is 0 Å². The summed E-state index contributed by atoms with van der Waals surface area (Å²) in [6, 6.07) is 0. The van der Waals surface area contributed by atoms with Gasteiger partial charge in [-0.3, -0.25) is 4.79 Å². The summed E-state index contributed by atoms with van der Waals surface area (Å²) in [6.07, 6.45) is 10.8. The largest absolute Gasteiger partial charge is 0.391 e. The van der Waals surface area contributed by atoms with Gasteiger partial charge in [-0.2, -0.15) is 0 Å². The lowest BCUT2D eigenvalue weighted by atomic mass is 9.48. The molecule has 7 heteroatoms. The maximum Gasteiger partial charge on any atom is 0.227 e. The van der Waals surface area contributed by atoms with Crippen LogP contribution in [0.25, 0.3) is 0 Å². The van der Waals surface area contributed by atoms with Crippen molar-refractivity contribution in [2.24, 2.45) is 29.1 Å². The Morgan fingerprint density at radius 3 is 2.65 bits per heavy atom. The van der Waals surface area contributed by atoms with Gasteiger partial charge in [0.15, 0.2) is 0 Å². The number of amides is 1. The van der Waals surface area contributed by atoms with Gasteiger partial charge in [0.1, 0.15) is 12.1 Å². The molecule has 4 aliphatic carbocycles. The molecule has 7 nitrogen and oxygen atoms in total. The molecule has 5 fully saturated rings. The Labute approximate surface area is 184 Å².